The lowest BCUT2D eigenvalue weighted by molar-refractivity contribution is 0.120. The highest BCUT2D eigenvalue weighted by Crippen LogP contribution is 2.55. The number of hydrogen-bond acceptors (Lipinski definition) is 2. The highest BCUT2D eigenvalue weighted by molar-refractivity contribution is 7.82. The Labute approximate surface area is 193 Å². The third-order valence-electron chi connectivity index (χ3n) is 5.50. The van der Waals surface area contributed by atoms with Gasteiger partial charge in [0.25, 0.3) is 0 Å². The fourth-order valence-corrected chi connectivity index (χ4v) is 6.12. The van der Waals surface area contributed by atoms with Gasteiger partial charge < -0.3 is 9.67 Å². The molecule has 168 valence electrons. The Kier molecular flexibility index (Phi) is 9.09. The van der Waals surface area contributed by atoms with Gasteiger partial charge in [-0.05, 0) is 51.7 Å². The molecule has 0 spiro atoms. The predicted octanol–water partition coefficient (Wildman–Crippen LogP) is 7.05. The summed E-state index contributed by atoms with van der Waals surface area (Å²) in [6, 6.07) is 19.2. The van der Waals surface area contributed by atoms with Crippen molar-refractivity contribution in [2.45, 2.75) is 59.5 Å². The maximum absolute atomic E-state index is 15.1. The predicted molar refractivity (Wildman–Crippen MR) is 138 cm³/mol. The number of benzene rings is 2. The summed E-state index contributed by atoms with van der Waals surface area (Å²) in [6.45, 7) is 13.3. The lowest BCUT2D eigenvalue weighted by Gasteiger charge is -2.23. The standard InChI is InChI=1S/C29H35O2P/c1-7-9-16-25(22-24(4)29(5,6)30)28(21-23(3)8-2)32(31,26-17-12-10-13-18-26)27-19-14-11-15-20-27/h8,10-15,17-20,30H,2,7,9,16H2,1,3-6H3. The van der Waals surface area contributed by atoms with Crippen LogP contribution in [0.1, 0.15) is 53.9 Å². The molecule has 0 bridgehead atoms. The summed E-state index contributed by atoms with van der Waals surface area (Å²) in [5.41, 5.74) is 8.17. The first-order valence-corrected chi connectivity index (χ1v) is 12.9. The largest absolute Gasteiger partial charge is 0.385 e. The van der Waals surface area contributed by atoms with Crippen LogP contribution in [0.2, 0.25) is 0 Å². The van der Waals surface area contributed by atoms with Gasteiger partial charge in [0, 0.05) is 16.2 Å². The quantitative estimate of drug-likeness (QED) is 0.255. The maximum Gasteiger partial charge on any atom is 0.179 e. The number of rotatable bonds is 9. The molecule has 1 N–H and O–H groups in total. The Morgan fingerprint density at radius 1 is 1.00 bits per heavy atom. The van der Waals surface area contributed by atoms with Crippen molar-refractivity contribution in [1.29, 1.82) is 0 Å². The zero-order chi connectivity index (χ0) is 23.8. The number of aliphatic hydroxyl groups is 1. The van der Waals surface area contributed by atoms with Crippen LogP contribution < -0.4 is 10.6 Å². The van der Waals surface area contributed by atoms with Crippen LogP contribution >= 0.6 is 7.14 Å². The molecule has 0 amide bonds. The topological polar surface area (TPSA) is 37.3 Å². The molecule has 32 heavy (non-hydrogen) atoms. The molecule has 2 aromatic rings. The first kappa shape index (κ1) is 25.7. The molecular weight excluding hydrogens is 411 g/mol. The van der Waals surface area contributed by atoms with Crippen LogP contribution in [0.15, 0.2) is 107 Å². The summed E-state index contributed by atoms with van der Waals surface area (Å²) >= 11 is 0. The molecule has 2 nitrogen and oxygen atoms in total. The molecule has 0 saturated heterocycles. The molecule has 0 unspecified atom stereocenters. The van der Waals surface area contributed by atoms with Gasteiger partial charge in [-0.15, -0.1) is 11.5 Å². The van der Waals surface area contributed by atoms with Gasteiger partial charge in [-0.25, -0.2) is 0 Å². The van der Waals surface area contributed by atoms with E-state index in [9.17, 15) is 5.11 Å². The fraction of sp³-hybridized carbons (Fsp3) is 0.310. The van der Waals surface area contributed by atoms with Gasteiger partial charge in [0.2, 0.25) is 0 Å². The average Bonchev–Trinajstić information content (AvgIpc) is 2.80. The van der Waals surface area contributed by atoms with E-state index in [1.54, 1.807) is 19.9 Å². The van der Waals surface area contributed by atoms with Crippen LogP contribution in [-0.4, -0.2) is 10.7 Å². The SMILES string of the molecule is C=CC(C)=C=C(C(=C=C(C)C(C)(C)O)CCCC)P(=O)(c1ccccc1)c1ccccc1. The van der Waals surface area contributed by atoms with E-state index in [2.05, 4.69) is 25.0 Å². The van der Waals surface area contributed by atoms with Crippen LogP contribution in [-0.2, 0) is 4.57 Å². The summed E-state index contributed by atoms with van der Waals surface area (Å²) in [4.78, 5) is 0. The second-order valence-electron chi connectivity index (χ2n) is 8.53. The van der Waals surface area contributed by atoms with Crippen molar-refractivity contribution in [3.63, 3.8) is 0 Å². The molecule has 0 aliphatic rings. The Morgan fingerprint density at radius 2 is 1.50 bits per heavy atom. The van der Waals surface area contributed by atoms with Crippen molar-refractivity contribution in [1.82, 2.24) is 0 Å². The third kappa shape index (κ3) is 6.23. The van der Waals surface area contributed by atoms with Gasteiger partial charge in [-0.2, -0.15) is 0 Å². The summed E-state index contributed by atoms with van der Waals surface area (Å²) in [6.07, 6.45) is 4.33. The van der Waals surface area contributed by atoms with E-state index in [0.29, 0.717) is 17.3 Å². The van der Waals surface area contributed by atoms with E-state index < -0.39 is 12.7 Å². The Bertz CT molecular complexity index is 1060. The highest BCUT2D eigenvalue weighted by Gasteiger charge is 2.34. The molecule has 2 rings (SSSR count). The van der Waals surface area contributed by atoms with Gasteiger partial charge >= 0.3 is 0 Å². The highest BCUT2D eigenvalue weighted by atomic mass is 31.2. The normalized spacial score (nSPS) is 11.2. The maximum atomic E-state index is 15.1. The molecule has 0 aliphatic heterocycles. The molecule has 0 fully saturated rings. The molecule has 0 saturated carbocycles. The van der Waals surface area contributed by atoms with Crippen molar-refractivity contribution in [2.75, 3.05) is 0 Å². The monoisotopic (exact) mass is 446 g/mol. The van der Waals surface area contributed by atoms with Crippen molar-refractivity contribution in [3.05, 3.63) is 107 Å². The molecule has 0 heterocycles. The van der Waals surface area contributed by atoms with Crippen LogP contribution in [0, 0.1) is 0 Å². The average molecular weight is 447 g/mol. The Morgan fingerprint density at radius 3 is 1.91 bits per heavy atom. The van der Waals surface area contributed by atoms with Gasteiger partial charge in [0.15, 0.2) is 7.14 Å². The molecule has 0 radical (unpaired) electrons. The lowest BCUT2D eigenvalue weighted by atomic mass is 9.98. The Balaban J connectivity index is 3.05. The first-order chi connectivity index (χ1) is 15.1. The summed E-state index contributed by atoms with van der Waals surface area (Å²) in [7, 11) is -3.26. The lowest BCUT2D eigenvalue weighted by Crippen LogP contribution is -2.20. The fourth-order valence-electron chi connectivity index (χ4n) is 3.24. The second-order valence-corrected chi connectivity index (χ2v) is 11.2. The number of allylic oxidation sites excluding steroid dienone is 2. The van der Waals surface area contributed by atoms with Crippen molar-refractivity contribution in [2.24, 2.45) is 0 Å². The van der Waals surface area contributed by atoms with E-state index in [1.165, 1.54) is 0 Å². The van der Waals surface area contributed by atoms with Crippen LogP contribution in [0.25, 0.3) is 0 Å². The van der Waals surface area contributed by atoms with E-state index in [0.717, 1.165) is 34.6 Å². The van der Waals surface area contributed by atoms with Crippen LogP contribution in [0.5, 0.6) is 0 Å². The molecule has 2 aromatic carbocycles. The zero-order valence-electron chi connectivity index (χ0n) is 20.0. The van der Waals surface area contributed by atoms with E-state index in [1.807, 2.05) is 74.5 Å². The molecule has 0 aromatic heterocycles. The van der Waals surface area contributed by atoms with E-state index >= 15 is 4.57 Å². The van der Waals surface area contributed by atoms with Crippen molar-refractivity contribution < 1.29 is 9.67 Å². The zero-order valence-corrected chi connectivity index (χ0v) is 20.9. The minimum Gasteiger partial charge on any atom is -0.385 e. The Hall–Kier alpha value is -2.59. The molecule has 0 aliphatic carbocycles. The van der Waals surface area contributed by atoms with E-state index in [-0.39, 0.29) is 0 Å². The van der Waals surface area contributed by atoms with Gasteiger partial charge in [0.05, 0.1) is 10.9 Å². The summed E-state index contributed by atoms with van der Waals surface area (Å²) in [5, 5.41) is 12.7. The van der Waals surface area contributed by atoms with E-state index in [4.69, 9.17) is 0 Å². The summed E-state index contributed by atoms with van der Waals surface area (Å²) in [5.74, 6) is 0. The van der Waals surface area contributed by atoms with Crippen LogP contribution in [0.3, 0.4) is 0 Å². The van der Waals surface area contributed by atoms with Gasteiger partial charge in [-0.1, -0.05) is 86.7 Å². The van der Waals surface area contributed by atoms with Gasteiger partial charge in [0.1, 0.15) is 0 Å². The third-order valence-corrected chi connectivity index (χ3v) is 8.56. The van der Waals surface area contributed by atoms with Crippen molar-refractivity contribution in [3.8, 4) is 0 Å². The van der Waals surface area contributed by atoms with Crippen molar-refractivity contribution >= 4 is 17.8 Å². The van der Waals surface area contributed by atoms with Crippen LogP contribution in [0.4, 0.5) is 0 Å². The number of hydrogen-bond donors (Lipinski definition) is 1. The minimum atomic E-state index is -3.26. The second kappa shape index (κ2) is 11.3. The van der Waals surface area contributed by atoms with Gasteiger partial charge in [-0.3, -0.25) is 0 Å². The first-order valence-electron chi connectivity index (χ1n) is 11.2. The molecule has 3 heteroatoms. The number of unbranched alkanes of at least 4 members (excludes halogenated alkanes) is 1. The smallest absolute Gasteiger partial charge is 0.179 e. The molecule has 0 atom stereocenters. The molecular formula is C29H35O2P. The minimum absolute atomic E-state index is 0.629. The summed E-state index contributed by atoms with van der Waals surface area (Å²) < 4.78 is 15.1.